The number of oxime groups is 1. The molecule has 3 amide bonds. The first-order valence-electron chi connectivity index (χ1n) is 11.5. The highest BCUT2D eigenvalue weighted by molar-refractivity contribution is 8.00. The minimum atomic E-state index is -1.47. The SMILES string of the molecule is CO/N=C(\C(=O)N[C@@H]1C(=O)N2C(C(=O)[O-])=C(C[N+]34C=NC=C3CC(NC(C)=O)C4)CS[C@H]12)c1csc(N)n1. The summed E-state index contributed by atoms with van der Waals surface area (Å²) in [6, 6.07) is -1.09. The molecule has 1 aromatic rings. The molecule has 0 saturated carbocycles. The summed E-state index contributed by atoms with van der Waals surface area (Å²) in [6.45, 7) is 2.24. The van der Waals surface area contributed by atoms with Gasteiger partial charge in [0, 0.05) is 23.6 Å². The zero-order chi connectivity index (χ0) is 27.2. The van der Waals surface area contributed by atoms with E-state index in [0.29, 0.717) is 24.3 Å². The molecule has 0 radical (unpaired) electrons. The maximum absolute atomic E-state index is 13.1. The third-order valence-electron chi connectivity index (χ3n) is 6.65. The number of aliphatic imine (C=N–C) groups is 1. The summed E-state index contributed by atoms with van der Waals surface area (Å²) in [6.07, 6.45) is 4.06. The highest BCUT2D eigenvalue weighted by Gasteiger charge is 2.55. The minimum absolute atomic E-state index is 0.109. The van der Waals surface area contributed by atoms with Gasteiger partial charge in [0.15, 0.2) is 17.2 Å². The molecule has 0 aliphatic carbocycles. The van der Waals surface area contributed by atoms with Crippen molar-refractivity contribution in [3.05, 3.63) is 34.2 Å². The third kappa shape index (κ3) is 4.43. The molecule has 0 spiro atoms. The summed E-state index contributed by atoms with van der Waals surface area (Å²) in [4.78, 5) is 64.1. The largest absolute Gasteiger partial charge is 0.543 e. The number of carbonyl (C=O) groups is 4. The Balaban J connectivity index is 1.35. The molecular weight excluding hydrogens is 536 g/mol. The molecule has 14 nitrogen and oxygen atoms in total. The lowest BCUT2D eigenvalue weighted by Crippen LogP contribution is -2.71. The lowest BCUT2D eigenvalue weighted by Gasteiger charge is -2.51. The Labute approximate surface area is 224 Å². The van der Waals surface area contributed by atoms with Crippen molar-refractivity contribution < 1.29 is 33.6 Å². The molecule has 16 heteroatoms. The number of carbonyl (C=O) groups excluding carboxylic acids is 4. The van der Waals surface area contributed by atoms with Crippen LogP contribution in [0.25, 0.3) is 0 Å². The number of nitrogen functional groups attached to an aromatic ring is 1. The van der Waals surface area contributed by atoms with Crippen molar-refractivity contribution in [2.75, 3.05) is 31.7 Å². The van der Waals surface area contributed by atoms with Crippen LogP contribution < -0.4 is 21.5 Å². The van der Waals surface area contributed by atoms with Crippen LogP contribution in [-0.4, -0.2) is 93.5 Å². The van der Waals surface area contributed by atoms with Gasteiger partial charge < -0.3 is 31.1 Å². The number of β-lactam (4-membered cyclic amide) rings is 1. The van der Waals surface area contributed by atoms with Gasteiger partial charge in [-0.25, -0.2) is 14.5 Å². The molecule has 4 N–H and O–H groups in total. The molecular formula is C22H24N8O6S2. The minimum Gasteiger partial charge on any atom is -0.543 e. The molecule has 4 atom stereocenters. The predicted octanol–water partition coefficient (Wildman–Crippen LogP) is -1.91. The number of carboxylic acid groups (broad SMARTS) is 1. The van der Waals surface area contributed by atoms with Crippen molar-refractivity contribution >= 4 is 64.0 Å². The Kier molecular flexibility index (Phi) is 6.70. The van der Waals surface area contributed by atoms with E-state index in [2.05, 4.69) is 25.8 Å². The van der Waals surface area contributed by atoms with Gasteiger partial charge in [0.05, 0.1) is 30.3 Å². The van der Waals surface area contributed by atoms with E-state index in [1.807, 2.05) is 0 Å². The van der Waals surface area contributed by atoms with Crippen molar-refractivity contribution in [3.8, 4) is 0 Å². The van der Waals surface area contributed by atoms with Gasteiger partial charge >= 0.3 is 0 Å². The topological polar surface area (TPSA) is 192 Å². The quantitative estimate of drug-likeness (QED) is 0.141. The molecule has 5 heterocycles. The number of nitrogens with two attached hydrogens (primary N) is 1. The fraction of sp³-hybridized carbons (Fsp3) is 0.409. The molecule has 200 valence electrons. The van der Waals surface area contributed by atoms with Crippen LogP contribution in [0.2, 0.25) is 0 Å². The molecule has 4 aliphatic rings. The van der Waals surface area contributed by atoms with Crippen LogP contribution in [0.5, 0.6) is 0 Å². The highest BCUT2D eigenvalue weighted by atomic mass is 32.2. The second-order valence-electron chi connectivity index (χ2n) is 9.16. The van der Waals surface area contributed by atoms with Crippen LogP contribution in [-0.2, 0) is 24.0 Å². The number of aromatic nitrogens is 1. The molecule has 2 unspecified atom stereocenters. The molecule has 0 aromatic carbocycles. The number of fused-ring (bicyclic) bond motifs is 2. The normalized spacial score (nSPS) is 27.9. The molecule has 5 rings (SSSR count). The molecule has 4 aliphatic heterocycles. The third-order valence-corrected chi connectivity index (χ3v) is 8.67. The fourth-order valence-electron chi connectivity index (χ4n) is 5.17. The van der Waals surface area contributed by atoms with E-state index < -0.39 is 29.2 Å². The van der Waals surface area contributed by atoms with Gasteiger partial charge in [-0.05, 0) is 0 Å². The molecule has 0 bridgehead atoms. The lowest BCUT2D eigenvalue weighted by molar-refractivity contribution is -0.778. The highest BCUT2D eigenvalue weighted by Crippen LogP contribution is 2.42. The van der Waals surface area contributed by atoms with Crippen LogP contribution in [0.15, 0.2) is 38.7 Å². The van der Waals surface area contributed by atoms with Crippen molar-refractivity contribution in [3.63, 3.8) is 0 Å². The zero-order valence-electron chi connectivity index (χ0n) is 20.4. The first-order chi connectivity index (χ1) is 18.1. The van der Waals surface area contributed by atoms with Gasteiger partial charge in [-0.3, -0.25) is 19.3 Å². The van der Waals surface area contributed by atoms with E-state index in [4.69, 9.17) is 10.6 Å². The van der Waals surface area contributed by atoms with Crippen molar-refractivity contribution in [1.82, 2.24) is 20.5 Å². The van der Waals surface area contributed by atoms with Crippen LogP contribution in [0.3, 0.4) is 0 Å². The second-order valence-corrected chi connectivity index (χ2v) is 11.2. The monoisotopic (exact) mass is 560 g/mol. The zero-order valence-corrected chi connectivity index (χ0v) is 22.0. The Morgan fingerprint density at radius 1 is 1.37 bits per heavy atom. The number of amides is 3. The number of thioether (sulfide) groups is 1. The van der Waals surface area contributed by atoms with E-state index >= 15 is 0 Å². The average Bonchev–Trinajstić information content (AvgIpc) is 3.53. The number of thiazole rings is 1. The van der Waals surface area contributed by atoms with Gasteiger partial charge in [0.1, 0.15) is 43.0 Å². The Bertz CT molecular complexity index is 1350. The van der Waals surface area contributed by atoms with Crippen LogP contribution >= 0.6 is 23.1 Å². The second kappa shape index (κ2) is 9.85. The number of hydrogen-bond acceptors (Lipinski definition) is 12. The van der Waals surface area contributed by atoms with Crippen molar-refractivity contribution in [2.24, 2.45) is 10.1 Å². The van der Waals surface area contributed by atoms with Crippen LogP contribution in [0.4, 0.5) is 5.13 Å². The van der Waals surface area contributed by atoms with Gasteiger partial charge in [0.2, 0.25) is 5.91 Å². The van der Waals surface area contributed by atoms with E-state index in [-0.39, 0.29) is 45.2 Å². The summed E-state index contributed by atoms with van der Waals surface area (Å²) >= 11 is 2.46. The number of nitrogens with one attached hydrogen (secondary N) is 2. The van der Waals surface area contributed by atoms with Gasteiger partial charge in [-0.1, -0.05) is 5.16 Å². The smallest absolute Gasteiger partial charge is 0.276 e. The van der Waals surface area contributed by atoms with Crippen LogP contribution in [0.1, 0.15) is 19.0 Å². The number of rotatable bonds is 8. The Morgan fingerprint density at radius 2 is 2.16 bits per heavy atom. The maximum atomic E-state index is 13.1. The summed E-state index contributed by atoms with van der Waals surface area (Å²) < 4.78 is 0.276. The standard InChI is InChI=1S/C22H24N8O6S2/c1-10(31)25-12-3-13-4-24-9-30(13,6-12)5-11-7-37-20-16(19(33)29(20)17(11)21(34)35)27-18(32)15(28-36-2)14-8-38-22(23)26-14/h4,8-9,12,16,20H,3,5-7H2,1-2H3,(H4-,23,25,26,27,31,32,34,35)/b28-15-/t12?,16-,20-,30?/m1/s1. The van der Waals surface area contributed by atoms with E-state index in [1.54, 1.807) is 12.5 Å². The van der Waals surface area contributed by atoms with E-state index in [9.17, 15) is 24.3 Å². The average molecular weight is 561 g/mol. The van der Waals surface area contributed by atoms with Gasteiger partial charge in [0.25, 0.3) is 11.8 Å². The Hall–Kier alpha value is -3.76. The number of anilines is 1. The summed E-state index contributed by atoms with van der Waals surface area (Å²) in [5.74, 6) is -2.60. The molecule has 38 heavy (non-hydrogen) atoms. The molecule has 1 aromatic heterocycles. The number of carboxylic acids is 1. The summed E-state index contributed by atoms with van der Waals surface area (Å²) in [5, 5.41) is 22.6. The fourth-order valence-corrected chi connectivity index (χ4v) is 7.05. The number of aliphatic carboxylic acids is 1. The first-order valence-corrected chi connectivity index (χ1v) is 13.5. The van der Waals surface area contributed by atoms with Gasteiger partial charge in [-0.15, -0.1) is 23.1 Å². The van der Waals surface area contributed by atoms with Crippen molar-refractivity contribution in [1.29, 1.82) is 0 Å². The van der Waals surface area contributed by atoms with E-state index in [0.717, 1.165) is 21.9 Å². The maximum Gasteiger partial charge on any atom is 0.276 e. The number of quaternary nitrogens is 1. The van der Waals surface area contributed by atoms with Gasteiger partial charge in [-0.2, -0.15) is 0 Å². The first kappa shape index (κ1) is 25.9. The molecule has 2 saturated heterocycles. The summed E-state index contributed by atoms with van der Waals surface area (Å²) in [7, 11) is 1.27. The Morgan fingerprint density at radius 3 is 2.82 bits per heavy atom. The number of hydrogen-bond donors (Lipinski definition) is 3. The lowest BCUT2D eigenvalue weighted by atomic mass is 10.0. The van der Waals surface area contributed by atoms with Crippen molar-refractivity contribution in [2.45, 2.75) is 30.8 Å². The van der Waals surface area contributed by atoms with Crippen LogP contribution in [0, 0.1) is 0 Å². The summed E-state index contributed by atoms with van der Waals surface area (Å²) in [5.41, 5.74) is 6.96. The van der Waals surface area contributed by atoms with E-state index in [1.165, 1.54) is 31.2 Å². The predicted molar refractivity (Wildman–Crippen MR) is 136 cm³/mol. The number of nitrogens with zero attached hydrogens (tertiary/aromatic N) is 5. The molecule has 2 fully saturated rings.